The third kappa shape index (κ3) is 4.80. The van der Waals surface area contributed by atoms with Gasteiger partial charge in [0, 0.05) is 25.1 Å². The van der Waals surface area contributed by atoms with Gasteiger partial charge in [-0.05, 0) is 33.3 Å². The minimum absolute atomic E-state index is 0.133. The van der Waals surface area contributed by atoms with Crippen LogP contribution in [0, 0.1) is 0 Å². The summed E-state index contributed by atoms with van der Waals surface area (Å²) in [6.07, 6.45) is 3.10. The first-order chi connectivity index (χ1) is 8.74. The van der Waals surface area contributed by atoms with Gasteiger partial charge in [-0.2, -0.15) is 0 Å². The Morgan fingerprint density at radius 2 is 2.05 bits per heavy atom. The second-order valence-electron chi connectivity index (χ2n) is 5.34. The van der Waals surface area contributed by atoms with Gasteiger partial charge in [-0.15, -0.1) is 0 Å². The van der Waals surface area contributed by atoms with Gasteiger partial charge in [0.2, 0.25) is 0 Å². The molecule has 0 aliphatic rings. The molecule has 0 bridgehead atoms. The van der Waals surface area contributed by atoms with Crippen LogP contribution < -0.4 is 0 Å². The standard InChI is InChI=1S/C14H20ClNO3/c1-9(18-5)13-10(7-16-8-11(13)15)6-12(17)19-14(2,3)4/h7-9H,6H2,1-5H3. The Morgan fingerprint density at radius 1 is 1.42 bits per heavy atom. The molecule has 19 heavy (non-hydrogen) atoms. The van der Waals surface area contributed by atoms with E-state index < -0.39 is 5.60 Å². The number of pyridine rings is 1. The fraction of sp³-hybridized carbons (Fsp3) is 0.571. The van der Waals surface area contributed by atoms with E-state index in [4.69, 9.17) is 21.1 Å². The Labute approximate surface area is 119 Å². The van der Waals surface area contributed by atoms with E-state index in [1.165, 1.54) is 0 Å². The van der Waals surface area contributed by atoms with Crippen LogP contribution in [0.2, 0.25) is 5.02 Å². The summed E-state index contributed by atoms with van der Waals surface area (Å²) in [4.78, 5) is 15.9. The quantitative estimate of drug-likeness (QED) is 0.796. The average molecular weight is 286 g/mol. The van der Waals surface area contributed by atoms with Gasteiger partial charge >= 0.3 is 5.97 Å². The molecule has 1 aromatic rings. The largest absolute Gasteiger partial charge is 0.460 e. The number of aromatic nitrogens is 1. The molecule has 5 heteroatoms. The Balaban J connectivity index is 2.95. The highest BCUT2D eigenvalue weighted by Gasteiger charge is 2.20. The maximum Gasteiger partial charge on any atom is 0.310 e. The van der Waals surface area contributed by atoms with Crippen molar-refractivity contribution in [3.63, 3.8) is 0 Å². The van der Waals surface area contributed by atoms with Gasteiger partial charge in [0.05, 0.1) is 17.5 Å². The van der Waals surface area contributed by atoms with Crippen LogP contribution in [0.5, 0.6) is 0 Å². The van der Waals surface area contributed by atoms with E-state index in [1.807, 2.05) is 27.7 Å². The summed E-state index contributed by atoms with van der Waals surface area (Å²) in [5, 5.41) is 0.496. The summed E-state index contributed by atoms with van der Waals surface area (Å²) in [7, 11) is 1.60. The van der Waals surface area contributed by atoms with Gasteiger partial charge in [0.1, 0.15) is 5.60 Å². The van der Waals surface area contributed by atoms with Crippen molar-refractivity contribution in [2.75, 3.05) is 7.11 Å². The van der Waals surface area contributed by atoms with Crippen molar-refractivity contribution >= 4 is 17.6 Å². The van der Waals surface area contributed by atoms with Crippen LogP contribution in [0.4, 0.5) is 0 Å². The molecule has 0 fully saturated rings. The van der Waals surface area contributed by atoms with Crippen molar-refractivity contribution in [2.24, 2.45) is 0 Å². The molecule has 0 spiro atoms. The average Bonchev–Trinajstić information content (AvgIpc) is 2.25. The SMILES string of the molecule is COC(C)c1c(Cl)cncc1CC(=O)OC(C)(C)C. The number of nitrogens with zero attached hydrogens (tertiary/aromatic N) is 1. The second-order valence-corrected chi connectivity index (χ2v) is 5.74. The van der Waals surface area contributed by atoms with Crippen LogP contribution in [0.3, 0.4) is 0 Å². The van der Waals surface area contributed by atoms with Crippen molar-refractivity contribution in [2.45, 2.75) is 45.8 Å². The Morgan fingerprint density at radius 3 is 2.58 bits per heavy atom. The van der Waals surface area contributed by atoms with E-state index >= 15 is 0 Å². The number of carbonyl (C=O) groups is 1. The normalized spacial score (nSPS) is 13.2. The van der Waals surface area contributed by atoms with Crippen LogP contribution in [-0.4, -0.2) is 23.7 Å². The lowest BCUT2D eigenvalue weighted by atomic mass is 10.0. The third-order valence-electron chi connectivity index (χ3n) is 2.54. The molecule has 0 N–H and O–H groups in total. The molecule has 1 heterocycles. The number of rotatable bonds is 4. The van der Waals surface area contributed by atoms with Crippen LogP contribution >= 0.6 is 11.6 Å². The zero-order valence-electron chi connectivity index (χ0n) is 12.0. The summed E-state index contributed by atoms with van der Waals surface area (Å²) in [5.74, 6) is -0.305. The zero-order valence-corrected chi connectivity index (χ0v) is 12.7. The van der Waals surface area contributed by atoms with Crippen LogP contribution in [0.1, 0.15) is 44.9 Å². The molecule has 0 aliphatic carbocycles. The van der Waals surface area contributed by atoms with Crippen LogP contribution in [-0.2, 0) is 20.7 Å². The Bertz CT molecular complexity index is 454. The lowest BCUT2D eigenvalue weighted by Gasteiger charge is -2.21. The molecule has 4 nitrogen and oxygen atoms in total. The van der Waals surface area contributed by atoms with Crippen LogP contribution in [0.25, 0.3) is 0 Å². The van der Waals surface area contributed by atoms with E-state index in [0.717, 1.165) is 11.1 Å². The lowest BCUT2D eigenvalue weighted by Crippen LogP contribution is -2.25. The van der Waals surface area contributed by atoms with Gasteiger partial charge in [-0.25, -0.2) is 0 Å². The topological polar surface area (TPSA) is 48.4 Å². The number of esters is 1. The summed E-state index contributed by atoms with van der Waals surface area (Å²) >= 11 is 6.12. The molecule has 0 aliphatic heterocycles. The van der Waals surface area contributed by atoms with E-state index in [2.05, 4.69) is 4.98 Å². The molecule has 1 rings (SSSR count). The van der Waals surface area contributed by atoms with E-state index in [0.29, 0.717) is 5.02 Å². The first-order valence-corrected chi connectivity index (χ1v) is 6.49. The smallest absolute Gasteiger partial charge is 0.310 e. The molecule has 1 aromatic heterocycles. The number of halogens is 1. The van der Waals surface area contributed by atoms with Gasteiger partial charge < -0.3 is 9.47 Å². The number of ether oxygens (including phenoxy) is 2. The molecule has 1 atom stereocenters. The van der Waals surface area contributed by atoms with Gasteiger partial charge in [-0.1, -0.05) is 11.6 Å². The first kappa shape index (κ1) is 15.9. The predicted molar refractivity (Wildman–Crippen MR) is 74.2 cm³/mol. The summed E-state index contributed by atoms with van der Waals surface area (Å²) < 4.78 is 10.6. The fourth-order valence-electron chi connectivity index (χ4n) is 1.73. The zero-order chi connectivity index (χ0) is 14.6. The number of methoxy groups -OCH3 is 1. The first-order valence-electron chi connectivity index (χ1n) is 6.11. The molecule has 0 amide bonds. The van der Waals surface area contributed by atoms with Crippen molar-refractivity contribution in [1.29, 1.82) is 0 Å². The molecule has 106 valence electrons. The van der Waals surface area contributed by atoms with Gasteiger partial charge in [-0.3, -0.25) is 9.78 Å². The summed E-state index contributed by atoms with van der Waals surface area (Å²) in [5.41, 5.74) is 1.01. The van der Waals surface area contributed by atoms with E-state index in [9.17, 15) is 4.79 Å². The number of carbonyl (C=O) groups excluding carboxylic acids is 1. The van der Waals surface area contributed by atoms with Crippen molar-refractivity contribution in [3.8, 4) is 0 Å². The Hall–Kier alpha value is -1.13. The minimum Gasteiger partial charge on any atom is -0.460 e. The molecule has 1 unspecified atom stereocenters. The van der Waals surface area contributed by atoms with Crippen molar-refractivity contribution in [1.82, 2.24) is 4.98 Å². The second kappa shape index (κ2) is 6.35. The lowest BCUT2D eigenvalue weighted by molar-refractivity contribution is -0.153. The highest BCUT2D eigenvalue weighted by atomic mass is 35.5. The monoisotopic (exact) mass is 285 g/mol. The molecular formula is C14H20ClNO3. The molecular weight excluding hydrogens is 266 g/mol. The molecule has 0 saturated carbocycles. The van der Waals surface area contributed by atoms with E-state index in [-0.39, 0.29) is 18.5 Å². The van der Waals surface area contributed by atoms with Crippen molar-refractivity contribution < 1.29 is 14.3 Å². The summed E-state index contributed by atoms with van der Waals surface area (Å²) in [6.45, 7) is 7.37. The van der Waals surface area contributed by atoms with Gasteiger partial charge in [0.25, 0.3) is 0 Å². The molecule has 0 aromatic carbocycles. The molecule has 0 saturated heterocycles. The fourth-order valence-corrected chi connectivity index (χ4v) is 2.06. The predicted octanol–water partition coefficient (Wildman–Crippen LogP) is 3.33. The highest BCUT2D eigenvalue weighted by molar-refractivity contribution is 6.31. The summed E-state index contributed by atoms with van der Waals surface area (Å²) in [6, 6.07) is 0. The van der Waals surface area contributed by atoms with Crippen LogP contribution in [0.15, 0.2) is 12.4 Å². The molecule has 0 radical (unpaired) electrons. The Kier molecular flexibility index (Phi) is 5.32. The van der Waals surface area contributed by atoms with Gasteiger partial charge in [0.15, 0.2) is 0 Å². The maximum atomic E-state index is 11.9. The van der Waals surface area contributed by atoms with E-state index in [1.54, 1.807) is 19.5 Å². The van der Waals surface area contributed by atoms with Crippen molar-refractivity contribution in [3.05, 3.63) is 28.5 Å². The third-order valence-corrected chi connectivity index (χ3v) is 2.84. The number of hydrogen-bond donors (Lipinski definition) is 0. The number of hydrogen-bond acceptors (Lipinski definition) is 4. The minimum atomic E-state index is -0.504. The highest BCUT2D eigenvalue weighted by Crippen LogP contribution is 2.28. The maximum absolute atomic E-state index is 11.9.